The molecule has 0 aliphatic heterocycles. The van der Waals surface area contributed by atoms with Crippen LogP contribution in [0.15, 0.2) is 95.9 Å². The highest BCUT2D eigenvalue weighted by Crippen LogP contribution is 2.18. The number of aromatic nitrogens is 2. The number of imidazole rings is 1. The molecule has 0 atom stereocenters. The highest BCUT2D eigenvalue weighted by atomic mass is 16.1. The predicted molar refractivity (Wildman–Crippen MR) is 116 cm³/mol. The molecular weight excluding hydrogens is 360 g/mol. The van der Waals surface area contributed by atoms with Gasteiger partial charge in [0.1, 0.15) is 0 Å². The van der Waals surface area contributed by atoms with Crippen LogP contribution in [0.3, 0.4) is 0 Å². The molecule has 0 saturated heterocycles. The minimum absolute atomic E-state index is 0.113. The highest BCUT2D eigenvalue weighted by Gasteiger charge is 2.09. The van der Waals surface area contributed by atoms with E-state index in [1.165, 1.54) is 4.57 Å². The van der Waals surface area contributed by atoms with Crippen molar-refractivity contribution in [2.24, 2.45) is 0 Å². The lowest BCUT2D eigenvalue weighted by atomic mass is 10.1. The molecule has 4 rings (SSSR count). The summed E-state index contributed by atoms with van der Waals surface area (Å²) in [5, 5.41) is 0. The number of ketones is 1. The van der Waals surface area contributed by atoms with Crippen LogP contribution in [0.1, 0.15) is 21.5 Å². The zero-order chi connectivity index (χ0) is 20.2. The number of hydrogen-bond acceptors (Lipinski definition) is 2. The Bertz CT molecular complexity index is 1230. The average molecular weight is 380 g/mol. The second kappa shape index (κ2) is 7.98. The molecule has 0 radical (unpaired) electrons. The molecule has 4 heteroatoms. The fourth-order valence-corrected chi connectivity index (χ4v) is 3.11. The van der Waals surface area contributed by atoms with Gasteiger partial charge in [-0.05, 0) is 36.3 Å². The van der Waals surface area contributed by atoms with Crippen LogP contribution in [-0.4, -0.2) is 15.3 Å². The zero-order valence-corrected chi connectivity index (χ0v) is 16.0. The Morgan fingerprint density at radius 2 is 1.69 bits per heavy atom. The maximum Gasteiger partial charge on any atom is 0.330 e. The van der Waals surface area contributed by atoms with Gasteiger partial charge in [-0.25, -0.2) is 4.79 Å². The van der Waals surface area contributed by atoms with Crippen molar-refractivity contribution >= 4 is 11.9 Å². The zero-order valence-electron chi connectivity index (χ0n) is 16.0. The number of carbonyl (C=O) groups excluding carboxylic acids is 1. The van der Waals surface area contributed by atoms with E-state index in [0.29, 0.717) is 11.3 Å². The van der Waals surface area contributed by atoms with Crippen molar-refractivity contribution in [2.75, 3.05) is 0 Å². The van der Waals surface area contributed by atoms with Crippen LogP contribution in [0.2, 0.25) is 0 Å². The Morgan fingerprint density at radius 1 is 0.931 bits per heavy atom. The van der Waals surface area contributed by atoms with Gasteiger partial charge in [0.2, 0.25) is 0 Å². The van der Waals surface area contributed by atoms with Crippen LogP contribution in [0.25, 0.3) is 23.0 Å². The van der Waals surface area contributed by atoms with Crippen LogP contribution in [0.4, 0.5) is 0 Å². The number of rotatable bonds is 5. The first-order valence-corrected chi connectivity index (χ1v) is 9.37. The van der Waals surface area contributed by atoms with Gasteiger partial charge in [-0.3, -0.25) is 9.36 Å². The van der Waals surface area contributed by atoms with Crippen molar-refractivity contribution < 1.29 is 4.79 Å². The molecule has 1 aromatic heterocycles. The lowest BCUT2D eigenvalue weighted by molar-refractivity contribution is 0.104. The number of nitrogens with one attached hydrogen (secondary N) is 1. The average Bonchev–Trinajstić information content (AvgIpc) is 3.15. The summed E-state index contributed by atoms with van der Waals surface area (Å²) in [5.74, 6) is -0.113. The number of aromatic amines is 1. The number of benzene rings is 3. The minimum Gasteiger partial charge on any atom is -0.305 e. The summed E-state index contributed by atoms with van der Waals surface area (Å²) in [6, 6.07) is 24.7. The number of hydrogen-bond donors (Lipinski definition) is 1. The summed E-state index contributed by atoms with van der Waals surface area (Å²) >= 11 is 0. The first kappa shape index (κ1) is 18.4. The first-order valence-electron chi connectivity index (χ1n) is 9.37. The quantitative estimate of drug-likeness (QED) is 0.390. The number of nitrogens with zero attached hydrogens (tertiary/aromatic N) is 1. The number of H-pyrrole nitrogens is 1. The summed E-state index contributed by atoms with van der Waals surface area (Å²) in [5.41, 5.74) is 4.71. The summed E-state index contributed by atoms with van der Waals surface area (Å²) in [7, 11) is 0. The second-order valence-corrected chi connectivity index (χ2v) is 6.87. The van der Waals surface area contributed by atoms with Gasteiger partial charge in [-0.2, -0.15) is 0 Å². The lowest BCUT2D eigenvalue weighted by Gasteiger charge is -2.03. The van der Waals surface area contributed by atoms with Gasteiger partial charge < -0.3 is 4.98 Å². The predicted octanol–water partition coefficient (Wildman–Crippen LogP) is 5.04. The van der Waals surface area contributed by atoms with Crippen molar-refractivity contribution in [3.05, 3.63) is 118 Å². The standard InChI is InChI=1S/C25H20N2O2/c1-18-10-13-20(14-11-18)23-17-27(25(29)26-23)22-9-5-8-21(16-22)24(28)15-12-19-6-3-2-4-7-19/h2-17H,1H3,(H,26,29)/b15-12+. The molecule has 0 bridgehead atoms. The highest BCUT2D eigenvalue weighted by molar-refractivity contribution is 6.07. The summed E-state index contributed by atoms with van der Waals surface area (Å²) in [6.45, 7) is 2.02. The Morgan fingerprint density at radius 3 is 2.45 bits per heavy atom. The molecule has 1 N–H and O–H groups in total. The van der Waals surface area contributed by atoms with Gasteiger partial charge in [-0.15, -0.1) is 0 Å². The molecule has 0 spiro atoms. The number of aryl methyl sites for hydroxylation is 1. The molecule has 4 aromatic rings. The summed E-state index contributed by atoms with van der Waals surface area (Å²) < 4.78 is 1.52. The number of allylic oxidation sites excluding steroid dienone is 1. The Hall–Kier alpha value is -3.92. The summed E-state index contributed by atoms with van der Waals surface area (Å²) in [6.07, 6.45) is 5.09. The fourth-order valence-electron chi connectivity index (χ4n) is 3.11. The van der Waals surface area contributed by atoms with E-state index in [2.05, 4.69) is 4.98 Å². The molecule has 29 heavy (non-hydrogen) atoms. The largest absolute Gasteiger partial charge is 0.330 e. The molecule has 0 unspecified atom stereocenters. The number of carbonyl (C=O) groups is 1. The maximum atomic E-state index is 12.6. The third kappa shape index (κ3) is 4.17. The maximum absolute atomic E-state index is 12.6. The van der Waals surface area contributed by atoms with E-state index in [4.69, 9.17) is 0 Å². The molecule has 142 valence electrons. The molecule has 0 amide bonds. The van der Waals surface area contributed by atoms with Gasteiger partial charge in [0, 0.05) is 11.8 Å². The van der Waals surface area contributed by atoms with Crippen LogP contribution in [0, 0.1) is 6.92 Å². The second-order valence-electron chi connectivity index (χ2n) is 6.87. The van der Waals surface area contributed by atoms with E-state index in [1.54, 1.807) is 36.5 Å². The van der Waals surface area contributed by atoms with Crippen LogP contribution in [-0.2, 0) is 0 Å². The van der Waals surface area contributed by atoms with Gasteiger partial charge in [-0.1, -0.05) is 78.4 Å². The molecule has 1 heterocycles. The van der Waals surface area contributed by atoms with Gasteiger partial charge >= 0.3 is 5.69 Å². The third-order valence-electron chi connectivity index (χ3n) is 4.72. The van der Waals surface area contributed by atoms with Crippen molar-refractivity contribution in [1.82, 2.24) is 9.55 Å². The lowest BCUT2D eigenvalue weighted by Crippen LogP contribution is -2.14. The third-order valence-corrected chi connectivity index (χ3v) is 4.72. The molecule has 0 saturated carbocycles. The first-order chi connectivity index (χ1) is 14.1. The molecular formula is C25H20N2O2. The van der Waals surface area contributed by atoms with E-state index < -0.39 is 0 Å². The van der Waals surface area contributed by atoms with Crippen molar-refractivity contribution in [3.8, 4) is 16.9 Å². The van der Waals surface area contributed by atoms with Gasteiger partial charge in [0.15, 0.2) is 5.78 Å². The topological polar surface area (TPSA) is 54.9 Å². The van der Waals surface area contributed by atoms with Gasteiger partial charge in [0.25, 0.3) is 0 Å². The Labute approximate surface area is 168 Å². The van der Waals surface area contributed by atoms with Crippen molar-refractivity contribution in [2.45, 2.75) is 6.92 Å². The van der Waals surface area contributed by atoms with E-state index >= 15 is 0 Å². The molecule has 0 aliphatic rings. The van der Waals surface area contributed by atoms with E-state index in [1.807, 2.05) is 67.6 Å². The molecule has 0 aliphatic carbocycles. The van der Waals surface area contributed by atoms with Crippen LogP contribution < -0.4 is 5.69 Å². The fraction of sp³-hybridized carbons (Fsp3) is 0.0400. The monoisotopic (exact) mass is 380 g/mol. The van der Waals surface area contributed by atoms with E-state index in [9.17, 15) is 9.59 Å². The summed E-state index contributed by atoms with van der Waals surface area (Å²) in [4.78, 5) is 27.9. The van der Waals surface area contributed by atoms with Crippen LogP contribution >= 0.6 is 0 Å². The minimum atomic E-state index is -0.245. The smallest absolute Gasteiger partial charge is 0.305 e. The van der Waals surface area contributed by atoms with E-state index in [0.717, 1.165) is 22.4 Å². The Balaban J connectivity index is 1.62. The van der Waals surface area contributed by atoms with Gasteiger partial charge in [0.05, 0.1) is 11.4 Å². The molecule has 3 aromatic carbocycles. The molecule has 4 nitrogen and oxygen atoms in total. The van der Waals surface area contributed by atoms with Crippen molar-refractivity contribution in [1.29, 1.82) is 0 Å². The Kier molecular flexibility index (Phi) is 5.08. The van der Waals surface area contributed by atoms with Crippen LogP contribution in [0.5, 0.6) is 0 Å². The van der Waals surface area contributed by atoms with Crippen molar-refractivity contribution in [3.63, 3.8) is 0 Å². The SMILES string of the molecule is Cc1ccc(-c2cn(-c3cccc(C(=O)/C=C/c4ccccc4)c3)c(=O)[nH]2)cc1. The molecule has 0 fully saturated rings. The normalized spacial score (nSPS) is 11.1. The van der Waals surface area contributed by atoms with E-state index in [-0.39, 0.29) is 11.5 Å².